The molecule has 0 saturated heterocycles. The van der Waals surface area contributed by atoms with Gasteiger partial charge in [0.05, 0.1) is 17.6 Å². The number of halogens is 3. The van der Waals surface area contributed by atoms with Crippen LogP contribution in [0.2, 0.25) is 0 Å². The molecule has 0 saturated carbocycles. The van der Waals surface area contributed by atoms with Crippen LogP contribution in [0.15, 0.2) is 83.6 Å². The molecule has 0 bridgehead atoms. The molecule has 60 heavy (non-hydrogen) atoms. The molecule has 5 nitrogen and oxygen atoms in total. The van der Waals surface area contributed by atoms with E-state index in [2.05, 4.69) is 113 Å². The standard InChI is InChI=1S/C52H63F3N2O3/c1-9-11-13-28-56-42-24-20-34(3)31-38(42)51(5,6)44(56)26-22-36-17-15-18-37(47(36)48-40(53)33-41(54)50(49(48)55)60-30-16-19-46(58)59)23-27-45-52(7,8)39-32-35(4)21-25-43(39)57(45)29-14-12-10-2/h20-27,31-33H,9-19,28-30H2,1-8H3/p+1. The lowest BCUT2D eigenvalue weighted by atomic mass is 9.79. The van der Waals surface area contributed by atoms with Gasteiger partial charge in [0.2, 0.25) is 5.69 Å². The van der Waals surface area contributed by atoms with Crippen molar-refractivity contribution in [1.82, 2.24) is 0 Å². The van der Waals surface area contributed by atoms with Crippen molar-refractivity contribution in [2.45, 2.75) is 137 Å². The smallest absolute Gasteiger partial charge is 0.303 e. The number of carboxylic acids is 1. The molecule has 0 amide bonds. The van der Waals surface area contributed by atoms with Crippen molar-refractivity contribution in [3.8, 4) is 5.75 Å². The van der Waals surface area contributed by atoms with Gasteiger partial charge in [-0.2, -0.15) is 4.58 Å². The van der Waals surface area contributed by atoms with Crippen LogP contribution >= 0.6 is 0 Å². The van der Waals surface area contributed by atoms with E-state index in [0.717, 1.165) is 80.6 Å². The number of unbranched alkanes of at least 4 members (excludes halogenated alkanes) is 4. The van der Waals surface area contributed by atoms with E-state index < -0.39 is 29.2 Å². The van der Waals surface area contributed by atoms with Crippen LogP contribution in [0.1, 0.15) is 140 Å². The Morgan fingerprint density at radius 1 is 0.833 bits per heavy atom. The van der Waals surface area contributed by atoms with E-state index in [-0.39, 0.29) is 35.8 Å². The van der Waals surface area contributed by atoms with Crippen LogP contribution in [-0.4, -0.2) is 41.1 Å². The lowest BCUT2D eigenvalue weighted by Crippen LogP contribution is -2.28. The van der Waals surface area contributed by atoms with E-state index in [4.69, 9.17) is 9.84 Å². The van der Waals surface area contributed by atoms with Gasteiger partial charge in [0.15, 0.2) is 23.1 Å². The number of hydrogen-bond acceptors (Lipinski definition) is 3. The summed E-state index contributed by atoms with van der Waals surface area (Å²) in [6.07, 6.45) is 16.5. The second kappa shape index (κ2) is 18.8. The summed E-state index contributed by atoms with van der Waals surface area (Å²) in [5, 5.41) is 9.13. The van der Waals surface area contributed by atoms with Crippen LogP contribution in [0.3, 0.4) is 0 Å². The summed E-state index contributed by atoms with van der Waals surface area (Å²) < 4.78 is 56.7. The van der Waals surface area contributed by atoms with Gasteiger partial charge in [-0.15, -0.1) is 0 Å². The highest BCUT2D eigenvalue weighted by Crippen LogP contribution is 2.49. The summed E-state index contributed by atoms with van der Waals surface area (Å²) in [6.45, 7) is 19.1. The topological polar surface area (TPSA) is 52.8 Å². The molecule has 320 valence electrons. The Kier molecular flexibility index (Phi) is 14.0. The summed E-state index contributed by atoms with van der Waals surface area (Å²) >= 11 is 0. The summed E-state index contributed by atoms with van der Waals surface area (Å²) in [4.78, 5) is 13.6. The fourth-order valence-corrected chi connectivity index (χ4v) is 9.37. The predicted molar refractivity (Wildman–Crippen MR) is 239 cm³/mol. The summed E-state index contributed by atoms with van der Waals surface area (Å²) in [6, 6.07) is 13.9. The molecule has 0 unspecified atom stereocenters. The summed E-state index contributed by atoms with van der Waals surface area (Å²) in [5.41, 5.74) is 10.5. The van der Waals surface area contributed by atoms with E-state index >= 15 is 13.2 Å². The number of carbonyl (C=O) groups is 1. The summed E-state index contributed by atoms with van der Waals surface area (Å²) in [5.74, 6) is -5.02. The van der Waals surface area contributed by atoms with Crippen LogP contribution in [0.25, 0.3) is 5.57 Å². The van der Waals surface area contributed by atoms with Crippen molar-refractivity contribution in [2.24, 2.45) is 0 Å². The number of fused-ring (bicyclic) bond motifs is 2. The number of anilines is 1. The molecule has 0 fully saturated rings. The minimum absolute atomic E-state index is 0.0495. The molecule has 2 heterocycles. The van der Waals surface area contributed by atoms with Gasteiger partial charge in [0.1, 0.15) is 12.4 Å². The van der Waals surface area contributed by atoms with Crippen molar-refractivity contribution in [1.29, 1.82) is 0 Å². The van der Waals surface area contributed by atoms with Gasteiger partial charge in [0, 0.05) is 60.0 Å². The number of hydrogen-bond donors (Lipinski definition) is 1. The molecule has 6 rings (SSSR count). The molecule has 8 heteroatoms. The fraction of sp³-hybridized carbons (Fsp3) is 0.462. The zero-order chi connectivity index (χ0) is 43.4. The average molecular weight is 822 g/mol. The highest BCUT2D eigenvalue weighted by atomic mass is 19.1. The quantitative estimate of drug-likeness (QED) is 0.109. The van der Waals surface area contributed by atoms with Gasteiger partial charge in [-0.25, -0.2) is 13.2 Å². The SMILES string of the molecule is CCCCCN1C(=CC=C2CCCC(C=CC3=[N+](CCCCC)c4ccc(C)cc4C3(C)C)=C2c2c(F)cc(F)c(OCCCC(=O)O)c2F)C(C)(C)c2cc(C)ccc21. The number of carboxylic acid groups (broad SMARTS) is 1. The first-order valence-electron chi connectivity index (χ1n) is 22.1. The van der Waals surface area contributed by atoms with Crippen molar-refractivity contribution in [2.75, 3.05) is 24.6 Å². The largest absolute Gasteiger partial charge is 0.488 e. The number of aryl methyl sites for hydroxylation is 2. The number of allylic oxidation sites excluding steroid dienone is 8. The molecule has 3 aromatic rings. The maximum Gasteiger partial charge on any atom is 0.303 e. The van der Waals surface area contributed by atoms with Gasteiger partial charge >= 0.3 is 5.97 Å². The van der Waals surface area contributed by atoms with E-state index in [9.17, 15) is 4.79 Å². The third-order valence-electron chi connectivity index (χ3n) is 12.6. The maximum atomic E-state index is 16.9. The van der Waals surface area contributed by atoms with E-state index in [1.54, 1.807) is 0 Å². The second-order valence-corrected chi connectivity index (χ2v) is 17.9. The number of benzene rings is 3. The second-order valence-electron chi connectivity index (χ2n) is 17.9. The Morgan fingerprint density at radius 2 is 1.53 bits per heavy atom. The van der Waals surface area contributed by atoms with Crippen LogP contribution < -0.4 is 9.64 Å². The van der Waals surface area contributed by atoms with Gasteiger partial charge in [-0.05, 0) is 107 Å². The Morgan fingerprint density at radius 3 is 2.25 bits per heavy atom. The molecule has 0 atom stereocenters. The molecule has 1 N–H and O–H groups in total. The molecule has 3 aliphatic rings. The molecule has 2 aliphatic heterocycles. The van der Waals surface area contributed by atoms with Crippen molar-refractivity contribution in [3.05, 3.63) is 129 Å². The highest BCUT2D eigenvalue weighted by Gasteiger charge is 2.44. The molecule has 0 spiro atoms. The minimum Gasteiger partial charge on any atom is -0.488 e. The Hall–Kier alpha value is -4.85. The van der Waals surface area contributed by atoms with Gasteiger partial charge in [-0.1, -0.05) is 88.4 Å². The minimum atomic E-state index is -1.16. The third-order valence-corrected chi connectivity index (χ3v) is 12.6. The van der Waals surface area contributed by atoms with Gasteiger partial charge < -0.3 is 14.7 Å². The Bertz CT molecular complexity index is 2280. The van der Waals surface area contributed by atoms with E-state index in [0.29, 0.717) is 24.5 Å². The zero-order valence-corrected chi connectivity index (χ0v) is 37.0. The van der Waals surface area contributed by atoms with Crippen LogP contribution in [0.5, 0.6) is 5.75 Å². The first-order valence-corrected chi connectivity index (χ1v) is 22.1. The van der Waals surface area contributed by atoms with Crippen LogP contribution in [0, 0.1) is 31.3 Å². The van der Waals surface area contributed by atoms with E-state index in [1.807, 2.05) is 12.2 Å². The lowest BCUT2D eigenvalue weighted by Gasteiger charge is -2.28. The average Bonchev–Trinajstić information content (AvgIpc) is 3.53. The van der Waals surface area contributed by atoms with Crippen molar-refractivity contribution < 1.29 is 32.4 Å². The first-order chi connectivity index (χ1) is 28.6. The highest BCUT2D eigenvalue weighted by molar-refractivity contribution is 6.03. The third kappa shape index (κ3) is 9.08. The van der Waals surface area contributed by atoms with Crippen LogP contribution in [-0.2, 0) is 15.6 Å². The fourth-order valence-electron chi connectivity index (χ4n) is 9.37. The van der Waals surface area contributed by atoms with Crippen molar-refractivity contribution >= 4 is 28.6 Å². The normalized spacial score (nSPS) is 18.4. The van der Waals surface area contributed by atoms with Crippen molar-refractivity contribution in [3.63, 3.8) is 0 Å². The number of aliphatic carboxylic acids is 1. The van der Waals surface area contributed by atoms with Gasteiger partial charge in [-0.3, -0.25) is 4.79 Å². The van der Waals surface area contributed by atoms with Gasteiger partial charge in [0.25, 0.3) is 0 Å². The number of nitrogens with zero attached hydrogens (tertiary/aromatic N) is 2. The Balaban J connectivity index is 1.54. The molecule has 3 aromatic carbocycles. The first kappa shape index (κ1) is 44.7. The Labute approximate surface area is 356 Å². The monoisotopic (exact) mass is 821 g/mol. The predicted octanol–water partition coefficient (Wildman–Crippen LogP) is 13.5. The zero-order valence-electron chi connectivity index (χ0n) is 37.0. The molecular formula is C52H64F3N2O3+. The number of ether oxygens (including phenoxy) is 1. The molecule has 0 radical (unpaired) electrons. The summed E-state index contributed by atoms with van der Waals surface area (Å²) in [7, 11) is 0. The number of rotatable bonds is 17. The molecular weight excluding hydrogens is 758 g/mol. The lowest BCUT2D eigenvalue weighted by molar-refractivity contribution is -0.438. The van der Waals surface area contributed by atoms with Crippen LogP contribution in [0.4, 0.5) is 24.5 Å². The maximum absolute atomic E-state index is 16.9. The molecule has 1 aliphatic carbocycles. The van der Waals surface area contributed by atoms with E-state index in [1.165, 1.54) is 33.6 Å². The molecule has 0 aromatic heterocycles.